The van der Waals surface area contributed by atoms with Gasteiger partial charge in [0.15, 0.2) is 16.3 Å². The third-order valence-corrected chi connectivity index (χ3v) is 4.35. The van der Waals surface area contributed by atoms with Crippen molar-refractivity contribution in [3.05, 3.63) is 47.4 Å². The summed E-state index contributed by atoms with van der Waals surface area (Å²) in [6, 6.07) is 11.5. The average molecular weight is 372 g/mol. The van der Waals surface area contributed by atoms with Crippen LogP contribution in [0.25, 0.3) is 16.9 Å². The van der Waals surface area contributed by atoms with E-state index >= 15 is 0 Å². The lowest BCUT2D eigenvalue weighted by atomic mass is 10.1. The minimum absolute atomic E-state index is 0.538. The van der Waals surface area contributed by atoms with Crippen LogP contribution in [-0.2, 0) is 0 Å². The lowest BCUT2D eigenvalue weighted by molar-refractivity contribution is 0.324. The first kappa shape index (κ1) is 17.9. The Balaban J connectivity index is 2.07. The number of ether oxygens (including phenoxy) is 4. The molecule has 1 N–H and O–H groups in total. The molecular formula is C19H20N2O4S. The Morgan fingerprint density at radius 1 is 0.846 bits per heavy atom. The number of imidazole rings is 1. The molecule has 0 radical (unpaired) electrons. The highest BCUT2D eigenvalue weighted by Crippen LogP contribution is 2.39. The van der Waals surface area contributed by atoms with Gasteiger partial charge in [-0.05, 0) is 42.0 Å². The molecule has 26 heavy (non-hydrogen) atoms. The molecule has 0 aliphatic heterocycles. The molecule has 3 rings (SSSR count). The van der Waals surface area contributed by atoms with Gasteiger partial charge in [0.2, 0.25) is 5.75 Å². The van der Waals surface area contributed by atoms with Gasteiger partial charge in [-0.1, -0.05) is 0 Å². The Morgan fingerprint density at radius 2 is 1.46 bits per heavy atom. The van der Waals surface area contributed by atoms with Crippen molar-refractivity contribution in [3.8, 4) is 39.9 Å². The van der Waals surface area contributed by atoms with Gasteiger partial charge in [-0.3, -0.25) is 4.57 Å². The highest BCUT2D eigenvalue weighted by Gasteiger charge is 2.15. The summed E-state index contributed by atoms with van der Waals surface area (Å²) in [5.41, 5.74) is 2.70. The van der Waals surface area contributed by atoms with Gasteiger partial charge < -0.3 is 23.9 Å². The molecule has 0 aliphatic carbocycles. The zero-order chi connectivity index (χ0) is 18.7. The molecule has 0 spiro atoms. The highest BCUT2D eigenvalue weighted by molar-refractivity contribution is 7.71. The molecule has 0 saturated heterocycles. The van der Waals surface area contributed by atoms with Gasteiger partial charge in [0.05, 0.1) is 39.8 Å². The number of hydrogen-bond donors (Lipinski definition) is 1. The Bertz CT molecular complexity index is 935. The number of aromatic amines is 1. The van der Waals surface area contributed by atoms with E-state index in [9.17, 15) is 0 Å². The van der Waals surface area contributed by atoms with Crippen LogP contribution in [0.15, 0.2) is 42.6 Å². The number of H-pyrrole nitrogens is 1. The van der Waals surface area contributed by atoms with E-state index in [2.05, 4.69) is 4.98 Å². The summed E-state index contributed by atoms with van der Waals surface area (Å²) >= 11 is 5.49. The fourth-order valence-electron chi connectivity index (χ4n) is 2.71. The second-order valence-corrected chi connectivity index (χ2v) is 5.84. The van der Waals surface area contributed by atoms with Crippen molar-refractivity contribution in [3.63, 3.8) is 0 Å². The molecule has 6 nitrogen and oxygen atoms in total. The molecule has 136 valence electrons. The fraction of sp³-hybridized carbons (Fsp3) is 0.211. The van der Waals surface area contributed by atoms with Gasteiger partial charge in [0, 0.05) is 18.3 Å². The van der Waals surface area contributed by atoms with Crippen molar-refractivity contribution in [2.75, 3.05) is 28.4 Å². The molecule has 0 bridgehead atoms. The Labute approximate surface area is 156 Å². The van der Waals surface area contributed by atoms with Crippen LogP contribution in [0.5, 0.6) is 23.0 Å². The minimum atomic E-state index is 0.538. The quantitative estimate of drug-likeness (QED) is 0.656. The van der Waals surface area contributed by atoms with Crippen LogP contribution in [-0.4, -0.2) is 38.0 Å². The number of methoxy groups -OCH3 is 4. The maximum Gasteiger partial charge on any atom is 0.203 e. The van der Waals surface area contributed by atoms with E-state index in [1.54, 1.807) is 28.4 Å². The summed E-state index contributed by atoms with van der Waals surface area (Å²) in [4.78, 5) is 3.22. The van der Waals surface area contributed by atoms with E-state index in [1.165, 1.54) is 0 Å². The molecule has 1 aromatic heterocycles. The van der Waals surface area contributed by atoms with Crippen molar-refractivity contribution in [2.45, 2.75) is 0 Å². The highest BCUT2D eigenvalue weighted by atomic mass is 32.1. The van der Waals surface area contributed by atoms with Crippen LogP contribution in [0.1, 0.15) is 0 Å². The topological polar surface area (TPSA) is 57.6 Å². The van der Waals surface area contributed by atoms with Crippen LogP contribution < -0.4 is 18.9 Å². The summed E-state index contributed by atoms with van der Waals surface area (Å²) < 4.78 is 23.8. The lowest BCUT2D eigenvalue weighted by Gasteiger charge is -2.14. The van der Waals surface area contributed by atoms with E-state index in [4.69, 9.17) is 31.2 Å². The molecule has 0 saturated carbocycles. The SMILES string of the molecule is COc1ccc(-c2cn(-c3cc(OC)c(OC)c(OC)c3)c(=S)[nH]2)cc1. The van der Waals surface area contributed by atoms with Gasteiger partial charge >= 0.3 is 0 Å². The predicted molar refractivity (Wildman–Crippen MR) is 103 cm³/mol. The zero-order valence-electron chi connectivity index (χ0n) is 15.0. The monoisotopic (exact) mass is 372 g/mol. The van der Waals surface area contributed by atoms with Crippen LogP contribution >= 0.6 is 12.2 Å². The number of rotatable bonds is 6. The van der Waals surface area contributed by atoms with Crippen LogP contribution in [0, 0.1) is 4.77 Å². The number of hydrogen-bond acceptors (Lipinski definition) is 5. The van der Waals surface area contributed by atoms with Crippen molar-refractivity contribution >= 4 is 12.2 Å². The molecule has 1 heterocycles. The molecule has 3 aromatic rings. The molecular weight excluding hydrogens is 352 g/mol. The van der Waals surface area contributed by atoms with E-state index in [1.807, 2.05) is 47.2 Å². The molecule has 0 unspecified atom stereocenters. The normalized spacial score (nSPS) is 10.5. The van der Waals surface area contributed by atoms with Gasteiger partial charge in [-0.15, -0.1) is 0 Å². The number of nitrogens with zero attached hydrogens (tertiary/aromatic N) is 1. The van der Waals surface area contributed by atoms with Crippen LogP contribution in [0.2, 0.25) is 0 Å². The molecule has 7 heteroatoms. The third kappa shape index (κ3) is 3.25. The summed E-state index contributed by atoms with van der Waals surface area (Å²) in [5, 5.41) is 0. The van der Waals surface area contributed by atoms with Crippen LogP contribution in [0.3, 0.4) is 0 Å². The second-order valence-electron chi connectivity index (χ2n) is 5.45. The first-order valence-electron chi connectivity index (χ1n) is 7.87. The van der Waals surface area contributed by atoms with E-state index in [0.717, 1.165) is 22.7 Å². The molecule has 0 atom stereocenters. The Morgan fingerprint density at radius 3 is 1.96 bits per heavy atom. The fourth-order valence-corrected chi connectivity index (χ4v) is 2.98. The first-order valence-corrected chi connectivity index (χ1v) is 8.28. The van der Waals surface area contributed by atoms with E-state index < -0.39 is 0 Å². The standard InChI is InChI=1S/C19H20N2O4S/c1-22-14-7-5-12(6-8-14)15-11-21(19(26)20-15)13-9-16(23-2)18(25-4)17(10-13)24-3/h5-11H,1-4H3,(H,20,26). The van der Waals surface area contributed by atoms with Crippen molar-refractivity contribution in [2.24, 2.45) is 0 Å². The van der Waals surface area contributed by atoms with Crippen molar-refractivity contribution in [1.29, 1.82) is 0 Å². The summed E-state index contributed by atoms with van der Waals surface area (Å²) in [6.07, 6.45) is 1.94. The van der Waals surface area contributed by atoms with Crippen molar-refractivity contribution < 1.29 is 18.9 Å². The molecule has 0 fully saturated rings. The smallest absolute Gasteiger partial charge is 0.203 e. The number of aromatic nitrogens is 2. The van der Waals surface area contributed by atoms with Gasteiger partial charge in [0.1, 0.15) is 5.75 Å². The maximum atomic E-state index is 5.49. The van der Waals surface area contributed by atoms with E-state index in [-0.39, 0.29) is 0 Å². The summed E-state index contributed by atoms with van der Waals surface area (Å²) in [7, 11) is 6.38. The average Bonchev–Trinajstić information content (AvgIpc) is 3.08. The predicted octanol–water partition coefficient (Wildman–Crippen LogP) is 4.24. The summed E-state index contributed by atoms with van der Waals surface area (Å²) in [6.45, 7) is 0. The van der Waals surface area contributed by atoms with Gasteiger partial charge in [-0.2, -0.15) is 0 Å². The number of benzene rings is 2. The lowest BCUT2D eigenvalue weighted by Crippen LogP contribution is -1.99. The van der Waals surface area contributed by atoms with Crippen molar-refractivity contribution in [1.82, 2.24) is 9.55 Å². The molecule has 2 aromatic carbocycles. The Hall–Kier alpha value is -2.93. The van der Waals surface area contributed by atoms with Crippen LogP contribution in [0.4, 0.5) is 0 Å². The van der Waals surface area contributed by atoms with Gasteiger partial charge in [-0.25, -0.2) is 0 Å². The zero-order valence-corrected chi connectivity index (χ0v) is 15.8. The summed E-state index contributed by atoms with van der Waals surface area (Å²) in [5.74, 6) is 2.47. The largest absolute Gasteiger partial charge is 0.497 e. The minimum Gasteiger partial charge on any atom is -0.497 e. The number of nitrogens with one attached hydrogen (secondary N) is 1. The molecule has 0 amide bonds. The third-order valence-electron chi connectivity index (χ3n) is 4.05. The first-order chi connectivity index (χ1) is 12.6. The maximum absolute atomic E-state index is 5.49. The molecule has 0 aliphatic rings. The Kier molecular flexibility index (Phi) is 5.18. The van der Waals surface area contributed by atoms with E-state index in [0.29, 0.717) is 22.0 Å². The second kappa shape index (κ2) is 7.53. The van der Waals surface area contributed by atoms with Gasteiger partial charge in [0.25, 0.3) is 0 Å².